The van der Waals surface area contributed by atoms with Gasteiger partial charge in [0.25, 0.3) is 0 Å². The van der Waals surface area contributed by atoms with Crippen molar-refractivity contribution in [2.75, 3.05) is 4.90 Å². The molecular formula is C58H36N2O2. The van der Waals surface area contributed by atoms with E-state index in [9.17, 15) is 0 Å². The Morgan fingerprint density at radius 2 is 0.903 bits per heavy atom. The van der Waals surface area contributed by atoms with Crippen molar-refractivity contribution >= 4 is 93.5 Å². The van der Waals surface area contributed by atoms with Gasteiger partial charge in [-0.2, -0.15) is 0 Å². The molecule has 0 unspecified atom stereocenters. The molecule has 0 radical (unpaired) electrons. The monoisotopic (exact) mass is 792 g/mol. The molecule has 62 heavy (non-hydrogen) atoms. The van der Waals surface area contributed by atoms with E-state index in [0.29, 0.717) is 0 Å². The van der Waals surface area contributed by atoms with Crippen molar-refractivity contribution in [1.82, 2.24) is 4.57 Å². The highest BCUT2D eigenvalue weighted by Crippen LogP contribution is 2.47. The molecule has 0 bridgehead atoms. The third kappa shape index (κ3) is 5.27. The minimum Gasteiger partial charge on any atom is -0.455 e. The van der Waals surface area contributed by atoms with Crippen molar-refractivity contribution in [3.63, 3.8) is 0 Å². The van der Waals surface area contributed by atoms with Crippen molar-refractivity contribution in [2.24, 2.45) is 0 Å². The van der Waals surface area contributed by atoms with Crippen molar-refractivity contribution in [2.45, 2.75) is 0 Å². The lowest BCUT2D eigenvalue weighted by atomic mass is 9.98. The Balaban J connectivity index is 0.978. The number of anilines is 3. The number of furan rings is 2. The highest BCUT2D eigenvalue weighted by Gasteiger charge is 2.23. The van der Waals surface area contributed by atoms with Crippen LogP contribution in [-0.4, -0.2) is 4.57 Å². The maximum atomic E-state index is 6.89. The molecule has 0 amide bonds. The summed E-state index contributed by atoms with van der Waals surface area (Å²) < 4.78 is 15.7. The van der Waals surface area contributed by atoms with Crippen molar-refractivity contribution in [3.8, 4) is 27.9 Å². The molecule has 3 heterocycles. The first-order valence-corrected chi connectivity index (χ1v) is 21.1. The number of nitrogens with zero attached hydrogens (tertiary/aromatic N) is 2. The van der Waals surface area contributed by atoms with E-state index >= 15 is 0 Å². The Morgan fingerprint density at radius 3 is 1.65 bits per heavy atom. The summed E-state index contributed by atoms with van der Waals surface area (Å²) in [6, 6.07) is 77.9. The molecule has 0 aliphatic heterocycles. The van der Waals surface area contributed by atoms with Crippen LogP contribution in [0.2, 0.25) is 0 Å². The zero-order valence-corrected chi connectivity index (χ0v) is 33.5. The van der Waals surface area contributed by atoms with Gasteiger partial charge in [0.2, 0.25) is 0 Å². The third-order valence-electron chi connectivity index (χ3n) is 12.6. The highest BCUT2D eigenvalue weighted by atomic mass is 16.3. The molecule has 0 spiro atoms. The van der Waals surface area contributed by atoms with Crippen LogP contribution in [0, 0.1) is 0 Å². The molecule has 10 aromatic carbocycles. The average Bonchev–Trinajstić information content (AvgIpc) is 4.02. The molecule has 0 fully saturated rings. The van der Waals surface area contributed by atoms with Gasteiger partial charge in [-0.1, -0.05) is 146 Å². The molecule has 13 rings (SSSR count). The van der Waals surface area contributed by atoms with Crippen LogP contribution >= 0.6 is 0 Å². The maximum absolute atomic E-state index is 6.89. The van der Waals surface area contributed by atoms with Gasteiger partial charge in [0, 0.05) is 55.1 Å². The summed E-state index contributed by atoms with van der Waals surface area (Å²) in [5, 5.41) is 9.26. The first-order valence-electron chi connectivity index (χ1n) is 21.1. The number of hydrogen-bond donors (Lipinski definition) is 0. The zero-order chi connectivity index (χ0) is 40.7. The summed E-state index contributed by atoms with van der Waals surface area (Å²) in [4.78, 5) is 2.37. The number of para-hydroxylation sites is 5. The molecule has 0 aliphatic rings. The molecule has 0 N–H and O–H groups in total. The molecule has 0 saturated heterocycles. The summed E-state index contributed by atoms with van der Waals surface area (Å²) in [6.07, 6.45) is 0. The zero-order valence-electron chi connectivity index (χ0n) is 33.5. The highest BCUT2D eigenvalue weighted by molar-refractivity contribution is 6.17. The second-order valence-electron chi connectivity index (χ2n) is 16.0. The summed E-state index contributed by atoms with van der Waals surface area (Å²) in [7, 11) is 0. The molecular weight excluding hydrogens is 757 g/mol. The Morgan fingerprint density at radius 1 is 0.355 bits per heavy atom. The molecule has 13 aromatic rings. The van der Waals surface area contributed by atoms with Crippen LogP contribution in [0.25, 0.3) is 104 Å². The van der Waals surface area contributed by atoms with Crippen LogP contribution in [0.3, 0.4) is 0 Å². The van der Waals surface area contributed by atoms with Crippen LogP contribution in [-0.2, 0) is 0 Å². The fraction of sp³-hybridized carbons (Fsp3) is 0. The molecule has 4 nitrogen and oxygen atoms in total. The summed E-state index contributed by atoms with van der Waals surface area (Å²) in [6.45, 7) is 0. The fourth-order valence-corrected chi connectivity index (χ4v) is 9.72. The van der Waals surface area contributed by atoms with E-state index in [1.165, 1.54) is 32.6 Å². The predicted octanol–water partition coefficient (Wildman–Crippen LogP) is 16.5. The quantitative estimate of drug-likeness (QED) is 0.168. The van der Waals surface area contributed by atoms with E-state index in [1.807, 2.05) is 18.2 Å². The topological polar surface area (TPSA) is 34.5 Å². The fourth-order valence-electron chi connectivity index (χ4n) is 9.72. The van der Waals surface area contributed by atoms with Gasteiger partial charge in [0.15, 0.2) is 0 Å². The Hall–Kier alpha value is -8.34. The number of benzene rings is 10. The number of hydrogen-bond acceptors (Lipinski definition) is 3. The summed E-state index contributed by atoms with van der Waals surface area (Å²) >= 11 is 0. The van der Waals surface area contributed by atoms with Gasteiger partial charge in [-0.3, -0.25) is 0 Å². The van der Waals surface area contributed by atoms with Gasteiger partial charge in [-0.25, -0.2) is 0 Å². The van der Waals surface area contributed by atoms with E-state index in [-0.39, 0.29) is 0 Å². The smallest absolute Gasteiger partial charge is 0.145 e. The molecule has 290 valence electrons. The minimum atomic E-state index is 0.853. The molecule has 0 saturated carbocycles. The number of fused-ring (bicyclic) bond motifs is 10. The largest absolute Gasteiger partial charge is 0.455 e. The van der Waals surface area contributed by atoms with Crippen LogP contribution in [0.15, 0.2) is 227 Å². The van der Waals surface area contributed by atoms with Crippen molar-refractivity contribution < 1.29 is 8.83 Å². The van der Waals surface area contributed by atoms with Gasteiger partial charge < -0.3 is 18.3 Å². The van der Waals surface area contributed by atoms with E-state index < -0.39 is 0 Å². The standard InChI is InChI=1S/C58H36N2O2/c1-2-13-40-36-43(33-24-37(40)12-1)59(41-29-25-38(26-30-41)44-18-11-19-49-48-16-5-9-22-54(48)61-57(44)49)53-35-34-45(58-56(53)50-17-6-10-23-55(50)62-58)39-27-31-42(32-28-39)60-51-20-7-3-14-46(51)47-15-4-8-21-52(47)60/h1-36H. The average molecular weight is 793 g/mol. The Bertz CT molecular complexity index is 3810. The predicted molar refractivity (Wildman–Crippen MR) is 258 cm³/mol. The third-order valence-corrected chi connectivity index (χ3v) is 12.6. The molecule has 0 atom stereocenters. The van der Waals surface area contributed by atoms with E-state index in [2.05, 4.69) is 210 Å². The summed E-state index contributed by atoms with van der Waals surface area (Å²) in [5.41, 5.74) is 14.4. The van der Waals surface area contributed by atoms with Gasteiger partial charge in [-0.05, 0) is 94.7 Å². The summed E-state index contributed by atoms with van der Waals surface area (Å²) in [5.74, 6) is 0. The van der Waals surface area contributed by atoms with Crippen molar-refractivity contribution in [3.05, 3.63) is 218 Å². The lowest BCUT2D eigenvalue weighted by Gasteiger charge is -2.27. The van der Waals surface area contributed by atoms with Gasteiger partial charge in [0.05, 0.1) is 22.1 Å². The van der Waals surface area contributed by atoms with Crippen LogP contribution in [0.5, 0.6) is 0 Å². The van der Waals surface area contributed by atoms with Gasteiger partial charge in [0.1, 0.15) is 22.3 Å². The minimum absolute atomic E-state index is 0.853. The van der Waals surface area contributed by atoms with E-state index in [1.54, 1.807) is 0 Å². The van der Waals surface area contributed by atoms with E-state index in [4.69, 9.17) is 8.83 Å². The Kier molecular flexibility index (Phi) is 7.57. The molecule has 3 aromatic heterocycles. The van der Waals surface area contributed by atoms with Crippen LogP contribution in [0.1, 0.15) is 0 Å². The van der Waals surface area contributed by atoms with Crippen LogP contribution in [0.4, 0.5) is 17.1 Å². The second kappa shape index (κ2) is 13.6. The van der Waals surface area contributed by atoms with Crippen molar-refractivity contribution in [1.29, 1.82) is 0 Å². The SMILES string of the molecule is c1ccc2cc(N(c3ccc(-c4cccc5c4oc4ccccc45)cc3)c3ccc(-c4ccc(-n5c6ccccc6c6ccccc65)cc4)c4oc5ccccc5c34)ccc2c1. The second-order valence-corrected chi connectivity index (χ2v) is 16.0. The first kappa shape index (κ1) is 34.5. The number of aromatic nitrogens is 1. The van der Waals surface area contributed by atoms with Crippen LogP contribution < -0.4 is 4.90 Å². The number of rotatable bonds is 6. The van der Waals surface area contributed by atoms with E-state index in [0.717, 1.165) is 88.9 Å². The van der Waals surface area contributed by atoms with Gasteiger partial charge >= 0.3 is 0 Å². The first-order chi connectivity index (χ1) is 30.7. The Labute approximate surface area is 356 Å². The molecule has 4 heteroatoms. The lowest BCUT2D eigenvalue weighted by molar-refractivity contribution is 0.669. The lowest BCUT2D eigenvalue weighted by Crippen LogP contribution is -2.10. The van der Waals surface area contributed by atoms with Gasteiger partial charge in [-0.15, -0.1) is 0 Å². The maximum Gasteiger partial charge on any atom is 0.145 e. The normalized spacial score (nSPS) is 11.9. The molecule has 0 aliphatic carbocycles.